The largest absolute Gasteiger partial charge is 0.396 e. The number of nitrogens with one attached hydrogen (secondary N) is 2. The number of carbonyl (C=O) groups excluding carboxylic acids is 1. The fourth-order valence-electron chi connectivity index (χ4n) is 1.85. The maximum Gasteiger partial charge on any atom is 0.236 e. The van der Waals surface area contributed by atoms with Crippen LogP contribution in [0.3, 0.4) is 0 Å². The molecule has 0 radical (unpaired) electrons. The lowest BCUT2D eigenvalue weighted by Gasteiger charge is -2.09. The predicted molar refractivity (Wildman–Crippen MR) is 70.6 cm³/mol. The fourth-order valence-corrected chi connectivity index (χ4v) is 1.85. The Morgan fingerprint density at radius 2 is 1.89 bits per heavy atom. The van der Waals surface area contributed by atoms with E-state index >= 15 is 0 Å². The summed E-state index contributed by atoms with van der Waals surface area (Å²) in [5, 5.41) is 11.0. The number of fused-ring (bicyclic) bond motifs is 1. The molecule has 0 saturated heterocycles. The van der Waals surface area contributed by atoms with Gasteiger partial charge in [0.1, 0.15) is 0 Å². The van der Waals surface area contributed by atoms with Gasteiger partial charge in [-0.25, -0.2) is 5.43 Å². The van der Waals surface area contributed by atoms with Crippen molar-refractivity contribution >= 4 is 16.7 Å². The maximum atomic E-state index is 11.2. The summed E-state index contributed by atoms with van der Waals surface area (Å²) in [4.78, 5) is 11.2. The predicted octanol–water partition coefficient (Wildman–Crippen LogP) is 1.34. The molecule has 0 aliphatic carbocycles. The molecular weight excluding hydrogens is 228 g/mol. The van der Waals surface area contributed by atoms with E-state index in [1.165, 1.54) is 10.8 Å². The number of rotatable bonds is 5. The van der Waals surface area contributed by atoms with Crippen LogP contribution in [0.15, 0.2) is 42.5 Å². The zero-order chi connectivity index (χ0) is 12.8. The van der Waals surface area contributed by atoms with E-state index in [1.54, 1.807) is 0 Å². The molecule has 4 nitrogen and oxygen atoms in total. The fraction of sp³-hybridized carbons (Fsp3) is 0.214. The third-order valence-electron chi connectivity index (χ3n) is 2.73. The zero-order valence-electron chi connectivity index (χ0n) is 10.0. The van der Waals surface area contributed by atoms with Crippen LogP contribution >= 0.6 is 0 Å². The minimum atomic E-state index is -0.210. The molecule has 94 valence electrons. The van der Waals surface area contributed by atoms with E-state index in [2.05, 4.69) is 29.1 Å². The van der Waals surface area contributed by atoms with Crippen molar-refractivity contribution in [2.24, 2.45) is 0 Å². The van der Waals surface area contributed by atoms with Crippen LogP contribution in [-0.2, 0) is 11.3 Å². The molecule has 2 rings (SSSR count). The number of amides is 1. The molecule has 18 heavy (non-hydrogen) atoms. The first-order valence-electron chi connectivity index (χ1n) is 5.90. The van der Waals surface area contributed by atoms with Gasteiger partial charge in [-0.3, -0.25) is 10.2 Å². The first-order valence-corrected chi connectivity index (χ1v) is 5.90. The lowest BCUT2D eigenvalue weighted by molar-refractivity contribution is -0.122. The second kappa shape index (κ2) is 6.14. The second-order valence-corrected chi connectivity index (χ2v) is 4.01. The molecule has 0 fully saturated rings. The van der Waals surface area contributed by atoms with Crippen molar-refractivity contribution in [1.82, 2.24) is 10.9 Å². The normalized spacial score (nSPS) is 10.5. The molecule has 0 aliphatic rings. The second-order valence-electron chi connectivity index (χ2n) is 4.01. The molecule has 0 atom stereocenters. The Kier molecular flexibility index (Phi) is 4.28. The third-order valence-corrected chi connectivity index (χ3v) is 2.73. The van der Waals surface area contributed by atoms with E-state index in [9.17, 15) is 4.79 Å². The molecule has 1 amide bonds. The highest BCUT2D eigenvalue weighted by Crippen LogP contribution is 2.17. The summed E-state index contributed by atoms with van der Waals surface area (Å²) in [5.41, 5.74) is 6.54. The Balaban J connectivity index is 2.01. The van der Waals surface area contributed by atoms with E-state index in [4.69, 9.17) is 5.11 Å². The molecule has 0 heterocycles. The summed E-state index contributed by atoms with van der Waals surface area (Å²) in [7, 11) is 0. The van der Waals surface area contributed by atoms with Gasteiger partial charge in [0.2, 0.25) is 5.91 Å². The van der Waals surface area contributed by atoms with Crippen molar-refractivity contribution in [3.63, 3.8) is 0 Å². The van der Waals surface area contributed by atoms with Gasteiger partial charge >= 0.3 is 0 Å². The zero-order valence-corrected chi connectivity index (χ0v) is 10.0. The van der Waals surface area contributed by atoms with Crippen LogP contribution in [0, 0.1) is 0 Å². The van der Waals surface area contributed by atoms with Crippen LogP contribution in [0.4, 0.5) is 0 Å². The van der Waals surface area contributed by atoms with E-state index in [-0.39, 0.29) is 18.9 Å². The minimum Gasteiger partial charge on any atom is -0.396 e. The van der Waals surface area contributed by atoms with E-state index < -0.39 is 0 Å². The van der Waals surface area contributed by atoms with E-state index in [0.717, 1.165) is 5.56 Å². The average molecular weight is 244 g/mol. The lowest BCUT2D eigenvalue weighted by atomic mass is 10.1. The quantitative estimate of drug-likeness (QED) is 0.696. The van der Waals surface area contributed by atoms with Crippen molar-refractivity contribution in [1.29, 1.82) is 0 Å². The summed E-state index contributed by atoms with van der Waals surface area (Å²) in [5.74, 6) is -0.210. The standard InChI is InChI=1S/C14H16N2O2/c17-9-8-14(18)16-15-10-12-6-3-5-11-4-1-2-7-13(11)12/h1-7,15,17H,8-10H2,(H,16,18). The highest BCUT2D eigenvalue weighted by molar-refractivity contribution is 5.85. The first-order chi connectivity index (χ1) is 8.81. The third kappa shape index (κ3) is 3.06. The van der Waals surface area contributed by atoms with Gasteiger partial charge in [-0.15, -0.1) is 0 Å². The van der Waals surface area contributed by atoms with Gasteiger partial charge in [0.15, 0.2) is 0 Å². The van der Waals surface area contributed by atoms with Crippen LogP contribution in [0.2, 0.25) is 0 Å². The maximum absolute atomic E-state index is 11.2. The Hall–Kier alpha value is -1.91. The summed E-state index contributed by atoms with van der Waals surface area (Å²) in [6.45, 7) is 0.417. The molecule has 2 aromatic rings. The summed E-state index contributed by atoms with van der Waals surface area (Å²) in [6, 6.07) is 14.2. The van der Waals surface area contributed by atoms with Crippen LogP contribution in [0.5, 0.6) is 0 Å². The number of hydrogen-bond donors (Lipinski definition) is 3. The summed E-state index contributed by atoms with van der Waals surface area (Å²) < 4.78 is 0. The minimum absolute atomic E-state index is 0.114. The Bertz CT molecular complexity index is 535. The number of hydrazine groups is 1. The van der Waals surface area contributed by atoms with Gasteiger partial charge in [0.05, 0.1) is 13.0 Å². The molecule has 0 saturated carbocycles. The van der Waals surface area contributed by atoms with Crippen LogP contribution in [0.25, 0.3) is 10.8 Å². The van der Waals surface area contributed by atoms with Gasteiger partial charge in [-0.1, -0.05) is 42.5 Å². The smallest absolute Gasteiger partial charge is 0.236 e. The van der Waals surface area contributed by atoms with Crippen molar-refractivity contribution in [3.05, 3.63) is 48.0 Å². The Morgan fingerprint density at radius 3 is 2.72 bits per heavy atom. The monoisotopic (exact) mass is 244 g/mol. The summed E-state index contributed by atoms with van der Waals surface area (Å²) >= 11 is 0. The number of aliphatic hydroxyl groups excluding tert-OH is 1. The first kappa shape index (κ1) is 12.5. The van der Waals surface area contributed by atoms with E-state index in [1.807, 2.05) is 24.3 Å². The van der Waals surface area contributed by atoms with Crippen LogP contribution in [0.1, 0.15) is 12.0 Å². The molecule has 0 spiro atoms. The number of hydrogen-bond acceptors (Lipinski definition) is 3. The molecule has 3 N–H and O–H groups in total. The number of carbonyl (C=O) groups is 1. The van der Waals surface area contributed by atoms with Crippen LogP contribution < -0.4 is 10.9 Å². The molecule has 0 bridgehead atoms. The van der Waals surface area contributed by atoms with E-state index in [0.29, 0.717) is 6.54 Å². The molecule has 2 aromatic carbocycles. The molecule has 4 heteroatoms. The highest BCUT2D eigenvalue weighted by Gasteiger charge is 2.01. The van der Waals surface area contributed by atoms with Crippen LogP contribution in [-0.4, -0.2) is 17.6 Å². The van der Waals surface area contributed by atoms with Gasteiger partial charge in [-0.2, -0.15) is 0 Å². The van der Waals surface area contributed by atoms with Crippen molar-refractivity contribution in [2.75, 3.05) is 6.61 Å². The van der Waals surface area contributed by atoms with Gasteiger partial charge < -0.3 is 5.11 Å². The molecule has 0 unspecified atom stereocenters. The topological polar surface area (TPSA) is 61.4 Å². The highest BCUT2D eigenvalue weighted by atomic mass is 16.3. The molecule has 0 aliphatic heterocycles. The van der Waals surface area contributed by atoms with Gasteiger partial charge in [0.25, 0.3) is 0 Å². The SMILES string of the molecule is O=C(CCO)NNCc1cccc2ccccc12. The Morgan fingerprint density at radius 1 is 1.11 bits per heavy atom. The number of aliphatic hydroxyl groups is 1. The number of benzene rings is 2. The van der Waals surface area contributed by atoms with Gasteiger partial charge in [-0.05, 0) is 16.3 Å². The lowest BCUT2D eigenvalue weighted by Crippen LogP contribution is -2.37. The Labute approximate surface area is 106 Å². The summed E-state index contributed by atoms with van der Waals surface area (Å²) in [6.07, 6.45) is 0.114. The van der Waals surface area contributed by atoms with Crippen molar-refractivity contribution in [2.45, 2.75) is 13.0 Å². The molecular formula is C14H16N2O2. The van der Waals surface area contributed by atoms with Gasteiger partial charge in [0, 0.05) is 6.54 Å². The van der Waals surface area contributed by atoms with Crippen molar-refractivity contribution < 1.29 is 9.90 Å². The molecule has 0 aromatic heterocycles. The van der Waals surface area contributed by atoms with Crippen molar-refractivity contribution in [3.8, 4) is 0 Å². The average Bonchev–Trinajstić information content (AvgIpc) is 2.39.